The molecule has 1 heterocycles. The van der Waals surface area contributed by atoms with Crippen LogP contribution in [0.25, 0.3) is 11.4 Å². The maximum Gasteiger partial charge on any atom is 0.263 e. The molecule has 4 aromatic carbocycles. The van der Waals surface area contributed by atoms with Crippen LogP contribution in [0.1, 0.15) is 43.9 Å². The summed E-state index contributed by atoms with van der Waals surface area (Å²) in [5.74, 6) is 0.710. The molecule has 51 heavy (non-hydrogen) atoms. The highest BCUT2D eigenvalue weighted by molar-refractivity contribution is 7.92. The second kappa shape index (κ2) is 15.5. The van der Waals surface area contributed by atoms with E-state index < -0.39 is 10.0 Å². The normalized spacial score (nSPS) is 11.4. The van der Waals surface area contributed by atoms with Crippen LogP contribution in [-0.2, 0) is 20.2 Å². The van der Waals surface area contributed by atoms with Crippen molar-refractivity contribution in [1.29, 1.82) is 0 Å². The third-order valence-electron chi connectivity index (χ3n) is 8.04. The molecular weight excluding hydrogens is 669 g/mol. The first-order valence-corrected chi connectivity index (χ1v) is 17.8. The van der Waals surface area contributed by atoms with E-state index in [9.17, 15) is 13.2 Å². The Balaban J connectivity index is 1.57. The van der Waals surface area contributed by atoms with Crippen molar-refractivity contribution in [2.24, 2.45) is 0 Å². The molecule has 0 fully saturated rings. The van der Waals surface area contributed by atoms with Gasteiger partial charge in [-0.2, -0.15) is 4.98 Å². The molecule has 5 rings (SSSR count). The molecule has 0 aliphatic carbocycles. The van der Waals surface area contributed by atoms with Crippen LogP contribution in [0, 0.1) is 13.8 Å². The molecule has 12 heteroatoms. The average molecular weight is 711 g/mol. The number of carbonyl (C=O) groups excluding carboxylic acids is 1. The predicted octanol–water partition coefficient (Wildman–Crippen LogP) is 8.08. The summed E-state index contributed by atoms with van der Waals surface area (Å²) in [6.07, 6.45) is -0.0368. The zero-order chi connectivity index (χ0) is 36.8. The van der Waals surface area contributed by atoms with Gasteiger partial charge < -0.3 is 24.3 Å². The maximum absolute atomic E-state index is 13.9. The fourth-order valence-electron chi connectivity index (χ4n) is 5.15. The number of carbonyl (C=O) groups is 1. The third kappa shape index (κ3) is 8.95. The van der Waals surface area contributed by atoms with Crippen LogP contribution >= 0.6 is 0 Å². The summed E-state index contributed by atoms with van der Waals surface area (Å²) in [6, 6.07) is 26.2. The number of ether oxygens (including phenoxy) is 4. The molecule has 0 aliphatic heterocycles. The van der Waals surface area contributed by atoms with Gasteiger partial charge in [-0.15, -0.1) is 0 Å². The summed E-state index contributed by atoms with van der Waals surface area (Å²) >= 11 is 0. The highest BCUT2D eigenvalue weighted by atomic mass is 32.2. The van der Waals surface area contributed by atoms with Gasteiger partial charge in [0.25, 0.3) is 15.9 Å². The summed E-state index contributed by atoms with van der Waals surface area (Å²) in [6.45, 7) is 9.87. The number of amides is 1. The Morgan fingerprint density at radius 1 is 0.784 bits per heavy atom. The van der Waals surface area contributed by atoms with E-state index in [0.717, 1.165) is 22.4 Å². The first-order valence-electron chi connectivity index (χ1n) is 16.3. The Labute approximate surface area is 299 Å². The van der Waals surface area contributed by atoms with Gasteiger partial charge in [0, 0.05) is 11.3 Å². The van der Waals surface area contributed by atoms with Crippen molar-refractivity contribution >= 4 is 27.4 Å². The number of hydrogen-bond donors (Lipinski definition) is 2. The zero-order valence-electron chi connectivity index (χ0n) is 29.7. The first-order chi connectivity index (χ1) is 24.3. The third-order valence-corrected chi connectivity index (χ3v) is 9.39. The van der Waals surface area contributed by atoms with Crippen LogP contribution in [0.15, 0.2) is 95.9 Å². The molecule has 5 aromatic rings. The van der Waals surface area contributed by atoms with E-state index in [2.05, 4.69) is 20.0 Å². The molecule has 1 aromatic heterocycles. The zero-order valence-corrected chi connectivity index (χ0v) is 30.6. The molecule has 0 saturated heterocycles. The van der Waals surface area contributed by atoms with Gasteiger partial charge in [0.2, 0.25) is 11.7 Å². The number of nitrogens with one attached hydrogen (secondary N) is 2. The Bertz CT molecular complexity index is 2090. The lowest BCUT2D eigenvalue weighted by atomic mass is 9.87. The van der Waals surface area contributed by atoms with E-state index in [-0.39, 0.29) is 58.3 Å². The molecular formula is C39H42N4O7S. The number of aryl methyl sites for hydroxylation is 2. The fourth-order valence-corrected chi connectivity index (χ4v) is 6.15. The second-order valence-corrected chi connectivity index (χ2v) is 14.5. The van der Waals surface area contributed by atoms with Crippen molar-refractivity contribution in [1.82, 2.24) is 9.97 Å². The molecule has 266 valence electrons. The smallest absolute Gasteiger partial charge is 0.263 e. The van der Waals surface area contributed by atoms with Crippen molar-refractivity contribution in [2.45, 2.75) is 51.3 Å². The van der Waals surface area contributed by atoms with E-state index in [1.165, 1.54) is 7.11 Å². The molecule has 0 saturated carbocycles. The molecule has 0 radical (unpaired) electrons. The number of hydrogen-bond acceptors (Lipinski definition) is 9. The van der Waals surface area contributed by atoms with E-state index in [1.807, 2.05) is 52.8 Å². The molecule has 0 aliphatic rings. The predicted molar refractivity (Wildman–Crippen MR) is 198 cm³/mol. The Kier molecular flexibility index (Phi) is 11.1. The largest absolute Gasteiger partial charge is 0.497 e. The highest BCUT2D eigenvalue weighted by Crippen LogP contribution is 2.42. The summed E-state index contributed by atoms with van der Waals surface area (Å²) in [4.78, 5) is 22.3. The highest BCUT2D eigenvalue weighted by Gasteiger charge is 2.26. The molecule has 0 atom stereocenters. The minimum atomic E-state index is -4.20. The quantitative estimate of drug-likeness (QED) is 0.124. The van der Waals surface area contributed by atoms with Crippen LogP contribution < -0.4 is 29.0 Å². The summed E-state index contributed by atoms with van der Waals surface area (Å²) in [5.41, 5.74) is 3.95. The molecule has 2 N–H and O–H groups in total. The lowest BCUT2D eigenvalue weighted by Gasteiger charge is -2.20. The molecule has 11 nitrogen and oxygen atoms in total. The van der Waals surface area contributed by atoms with Crippen LogP contribution in [-0.4, -0.2) is 45.1 Å². The minimum absolute atomic E-state index is 0.0222. The van der Waals surface area contributed by atoms with Crippen molar-refractivity contribution in [3.63, 3.8) is 0 Å². The Hall–Kier alpha value is -5.62. The molecule has 0 bridgehead atoms. The van der Waals surface area contributed by atoms with E-state index >= 15 is 0 Å². The lowest BCUT2D eigenvalue weighted by Crippen LogP contribution is -2.18. The summed E-state index contributed by atoms with van der Waals surface area (Å²) < 4.78 is 53.7. The standard InChI is InChI=1S/C39H42N4O7S/c1-25-11-10-12-26(2)34(25)40-33(44)23-24-49-38-35(50-32-14-9-8-13-31(32)48-7)37(41-36(42-38)27-15-19-29(47-6)20-16-27)43-51(45,46)30-21-17-28(18-22-30)39(3,4)5/h8-22H,23-24H2,1-7H3,(H,40,44)(H,41,42,43). The van der Waals surface area contributed by atoms with Crippen molar-refractivity contribution < 1.29 is 32.2 Å². The molecule has 0 spiro atoms. The number of para-hydroxylation sites is 3. The van der Waals surface area contributed by atoms with Crippen LogP contribution in [0.4, 0.5) is 11.5 Å². The average Bonchev–Trinajstić information content (AvgIpc) is 3.11. The topological polar surface area (TPSA) is 138 Å². The van der Waals surface area contributed by atoms with E-state index in [4.69, 9.17) is 18.9 Å². The number of sulfonamides is 1. The Morgan fingerprint density at radius 2 is 1.43 bits per heavy atom. The van der Waals surface area contributed by atoms with Crippen molar-refractivity contribution in [2.75, 3.05) is 30.9 Å². The van der Waals surface area contributed by atoms with Crippen molar-refractivity contribution in [3.05, 3.63) is 108 Å². The fraction of sp³-hybridized carbons (Fsp3) is 0.256. The van der Waals surface area contributed by atoms with Gasteiger partial charge in [-0.1, -0.05) is 63.2 Å². The van der Waals surface area contributed by atoms with Gasteiger partial charge >= 0.3 is 0 Å². The van der Waals surface area contributed by atoms with E-state index in [0.29, 0.717) is 17.1 Å². The number of nitrogens with zero attached hydrogens (tertiary/aromatic N) is 2. The number of rotatable bonds is 13. The van der Waals surface area contributed by atoms with Crippen LogP contribution in [0.2, 0.25) is 0 Å². The minimum Gasteiger partial charge on any atom is -0.497 e. The van der Waals surface area contributed by atoms with Gasteiger partial charge in [-0.25, -0.2) is 13.4 Å². The number of methoxy groups -OCH3 is 2. The van der Waals surface area contributed by atoms with Gasteiger partial charge in [-0.3, -0.25) is 9.52 Å². The summed E-state index contributed by atoms with van der Waals surface area (Å²) in [7, 11) is -1.16. The first kappa shape index (κ1) is 36.7. The second-order valence-electron chi connectivity index (χ2n) is 12.8. The van der Waals surface area contributed by atoms with Crippen LogP contribution in [0.3, 0.4) is 0 Å². The SMILES string of the molecule is COc1ccc(-c2nc(NS(=O)(=O)c3ccc(C(C)(C)C)cc3)c(Oc3ccccc3OC)c(OCCC(=O)Nc3c(C)cccc3C)n2)cc1. The lowest BCUT2D eigenvalue weighted by molar-refractivity contribution is -0.116. The molecule has 1 amide bonds. The van der Waals surface area contributed by atoms with Gasteiger partial charge in [0.1, 0.15) is 5.75 Å². The molecule has 0 unspecified atom stereocenters. The van der Waals surface area contributed by atoms with E-state index in [1.54, 1.807) is 79.9 Å². The summed E-state index contributed by atoms with van der Waals surface area (Å²) in [5, 5.41) is 2.95. The van der Waals surface area contributed by atoms with Crippen molar-refractivity contribution in [3.8, 4) is 40.3 Å². The number of benzene rings is 4. The van der Waals surface area contributed by atoms with Gasteiger partial charge in [-0.05, 0) is 84.5 Å². The van der Waals surface area contributed by atoms with Gasteiger partial charge in [0.15, 0.2) is 23.1 Å². The van der Waals surface area contributed by atoms with Crippen LogP contribution in [0.5, 0.6) is 28.9 Å². The van der Waals surface area contributed by atoms with Gasteiger partial charge in [0.05, 0.1) is 32.1 Å². The number of aromatic nitrogens is 2. The monoisotopic (exact) mass is 710 g/mol. The Morgan fingerprint density at radius 3 is 2.04 bits per heavy atom. The maximum atomic E-state index is 13.9. The number of anilines is 2.